The second-order valence-corrected chi connectivity index (χ2v) is 5.86. The van der Waals surface area contributed by atoms with Gasteiger partial charge in [-0.25, -0.2) is 4.79 Å². The van der Waals surface area contributed by atoms with E-state index in [1.807, 2.05) is 0 Å². The summed E-state index contributed by atoms with van der Waals surface area (Å²) in [5.74, 6) is -0.655. The zero-order chi connectivity index (χ0) is 12.4. The van der Waals surface area contributed by atoms with Gasteiger partial charge in [0, 0.05) is 17.4 Å². The molecule has 1 heterocycles. The summed E-state index contributed by atoms with van der Waals surface area (Å²) >= 11 is 6.28. The Morgan fingerprint density at radius 3 is 3.00 bits per heavy atom. The molecule has 5 heteroatoms. The Morgan fingerprint density at radius 2 is 2.35 bits per heavy atom. The fourth-order valence-electron chi connectivity index (χ4n) is 3.26. The molecule has 1 saturated heterocycles. The van der Waals surface area contributed by atoms with E-state index >= 15 is 0 Å². The van der Waals surface area contributed by atoms with Crippen LogP contribution in [0.5, 0.6) is 0 Å². The standard InChI is InChI=1S/C12H13ClO4/c1-5(2)10(14)16-8-6-3-7-9(8)17-11(15)12(7,13)4-6/h6-9H,1,3-4H2,2H3. The van der Waals surface area contributed by atoms with Crippen molar-refractivity contribution < 1.29 is 19.1 Å². The molecule has 0 N–H and O–H groups in total. The van der Waals surface area contributed by atoms with E-state index in [1.54, 1.807) is 6.92 Å². The van der Waals surface area contributed by atoms with Gasteiger partial charge in [0.15, 0.2) is 0 Å². The Morgan fingerprint density at radius 1 is 1.65 bits per heavy atom. The maximum Gasteiger partial charge on any atom is 0.333 e. The Kier molecular flexibility index (Phi) is 2.12. The van der Waals surface area contributed by atoms with Crippen molar-refractivity contribution in [3.8, 4) is 0 Å². The Labute approximate surface area is 104 Å². The molecule has 4 nitrogen and oxygen atoms in total. The van der Waals surface area contributed by atoms with E-state index in [-0.39, 0.29) is 30.0 Å². The van der Waals surface area contributed by atoms with Crippen LogP contribution in [-0.2, 0) is 19.1 Å². The molecule has 1 aliphatic heterocycles. The van der Waals surface area contributed by atoms with E-state index in [2.05, 4.69) is 6.58 Å². The van der Waals surface area contributed by atoms with Crippen molar-refractivity contribution in [2.75, 3.05) is 0 Å². The summed E-state index contributed by atoms with van der Waals surface area (Å²) in [4.78, 5) is 22.3. The van der Waals surface area contributed by atoms with Gasteiger partial charge in [-0.3, -0.25) is 4.79 Å². The zero-order valence-corrected chi connectivity index (χ0v) is 10.2. The molecule has 0 aromatic rings. The second kappa shape index (κ2) is 3.25. The number of carbonyl (C=O) groups is 2. The molecule has 92 valence electrons. The van der Waals surface area contributed by atoms with Gasteiger partial charge in [0.05, 0.1) is 0 Å². The van der Waals surface area contributed by atoms with Crippen molar-refractivity contribution in [1.29, 1.82) is 0 Å². The number of alkyl halides is 1. The summed E-state index contributed by atoms with van der Waals surface area (Å²) in [6, 6.07) is 0. The molecule has 5 atom stereocenters. The quantitative estimate of drug-likeness (QED) is 0.426. The number of hydrogen-bond donors (Lipinski definition) is 0. The Bertz CT molecular complexity index is 432. The minimum absolute atomic E-state index is 0.00964. The van der Waals surface area contributed by atoms with Gasteiger partial charge in [-0.15, -0.1) is 11.6 Å². The van der Waals surface area contributed by atoms with Crippen LogP contribution in [0.1, 0.15) is 19.8 Å². The second-order valence-electron chi connectivity index (χ2n) is 5.19. The maximum absolute atomic E-state index is 11.7. The van der Waals surface area contributed by atoms with Crippen LogP contribution in [0, 0.1) is 11.8 Å². The van der Waals surface area contributed by atoms with Gasteiger partial charge in [0.1, 0.15) is 17.1 Å². The van der Waals surface area contributed by atoms with Crippen molar-refractivity contribution >= 4 is 23.5 Å². The summed E-state index contributed by atoms with van der Waals surface area (Å²) in [6.07, 6.45) is 0.640. The molecule has 5 unspecified atom stereocenters. The van der Waals surface area contributed by atoms with Crippen molar-refractivity contribution in [3.63, 3.8) is 0 Å². The van der Waals surface area contributed by atoms with Crippen LogP contribution in [0.2, 0.25) is 0 Å². The van der Waals surface area contributed by atoms with E-state index < -0.39 is 10.8 Å². The SMILES string of the molecule is C=C(C)C(=O)OC1C2CC3C1OC(=O)C3(Cl)C2. The largest absolute Gasteiger partial charge is 0.457 e. The lowest BCUT2D eigenvalue weighted by Crippen LogP contribution is -2.41. The highest BCUT2D eigenvalue weighted by Gasteiger charge is 2.71. The number of hydrogen-bond acceptors (Lipinski definition) is 4. The molecular weight excluding hydrogens is 244 g/mol. The first kappa shape index (κ1) is 11.1. The number of carbonyl (C=O) groups excluding carboxylic acids is 2. The normalized spacial score (nSPS) is 45.9. The van der Waals surface area contributed by atoms with Crippen LogP contribution in [0.3, 0.4) is 0 Å². The fraction of sp³-hybridized carbons (Fsp3) is 0.667. The molecule has 3 aliphatic rings. The lowest BCUT2D eigenvalue weighted by molar-refractivity contribution is -0.158. The molecule has 0 spiro atoms. The van der Waals surface area contributed by atoms with Crippen LogP contribution >= 0.6 is 11.6 Å². The van der Waals surface area contributed by atoms with Gasteiger partial charge in [-0.05, 0) is 19.8 Å². The summed E-state index contributed by atoms with van der Waals surface area (Å²) in [6.45, 7) is 5.14. The van der Waals surface area contributed by atoms with E-state index in [0.29, 0.717) is 12.0 Å². The highest BCUT2D eigenvalue weighted by Crippen LogP contribution is 2.60. The van der Waals surface area contributed by atoms with Crippen LogP contribution in [0.25, 0.3) is 0 Å². The van der Waals surface area contributed by atoms with Crippen LogP contribution in [-0.4, -0.2) is 29.0 Å². The minimum atomic E-state index is -0.860. The molecule has 17 heavy (non-hydrogen) atoms. The minimum Gasteiger partial charge on any atom is -0.457 e. The monoisotopic (exact) mass is 256 g/mol. The van der Waals surface area contributed by atoms with Gasteiger partial charge in [0.2, 0.25) is 0 Å². The topological polar surface area (TPSA) is 52.6 Å². The molecule has 3 rings (SSSR count). The van der Waals surface area contributed by atoms with E-state index in [9.17, 15) is 9.59 Å². The molecule has 2 aliphatic carbocycles. The highest BCUT2D eigenvalue weighted by molar-refractivity contribution is 6.35. The number of halogens is 1. The lowest BCUT2D eigenvalue weighted by Gasteiger charge is -2.27. The smallest absolute Gasteiger partial charge is 0.333 e. The highest BCUT2D eigenvalue weighted by atomic mass is 35.5. The summed E-state index contributed by atoms with van der Waals surface area (Å²) in [5, 5.41) is 0. The number of rotatable bonds is 2. The van der Waals surface area contributed by atoms with Gasteiger partial charge >= 0.3 is 11.9 Å². The van der Waals surface area contributed by atoms with Crippen LogP contribution in [0.4, 0.5) is 0 Å². The lowest BCUT2D eigenvalue weighted by atomic mass is 9.87. The average Bonchev–Trinajstić information content (AvgIpc) is 2.79. The van der Waals surface area contributed by atoms with Crippen molar-refractivity contribution in [3.05, 3.63) is 12.2 Å². The number of ether oxygens (including phenoxy) is 2. The van der Waals surface area contributed by atoms with Gasteiger partial charge in [0.25, 0.3) is 0 Å². The van der Waals surface area contributed by atoms with Crippen molar-refractivity contribution in [2.45, 2.75) is 36.8 Å². The van der Waals surface area contributed by atoms with Crippen LogP contribution < -0.4 is 0 Å². The Balaban J connectivity index is 1.82. The maximum atomic E-state index is 11.7. The predicted octanol–water partition coefficient (Wildman–Crippen LogP) is 1.42. The zero-order valence-electron chi connectivity index (χ0n) is 9.44. The molecule has 2 saturated carbocycles. The molecule has 0 aromatic carbocycles. The molecule has 3 fully saturated rings. The first-order valence-electron chi connectivity index (χ1n) is 5.70. The predicted molar refractivity (Wildman–Crippen MR) is 59.4 cm³/mol. The van der Waals surface area contributed by atoms with Crippen molar-refractivity contribution in [2.24, 2.45) is 11.8 Å². The Hall–Kier alpha value is -1.03. The average molecular weight is 257 g/mol. The van der Waals surface area contributed by atoms with E-state index in [4.69, 9.17) is 21.1 Å². The van der Waals surface area contributed by atoms with Gasteiger partial charge in [-0.1, -0.05) is 6.58 Å². The summed E-state index contributed by atoms with van der Waals surface area (Å²) < 4.78 is 10.6. The van der Waals surface area contributed by atoms with Crippen molar-refractivity contribution in [1.82, 2.24) is 0 Å². The first-order chi connectivity index (χ1) is 7.93. The summed E-state index contributed by atoms with van der Waals surface area (Å²) in [5.41, 5.74) is 0.356. The summed E-state index contributed by atoms with van der Waals surface area (Å²) in [7, 11) is 0. The molecule has 2 bridgehead atoms. The van der Waals surface area contributed by atoms with Crippen LogP contribution in [0.15, 0.2) is 12.2 Å². The molecular formula is C12H13ClO4. The third kappa shape index (κ3) is 1.30. The number of fused-ring (bicyclic) bond motifs is 1. The first-order valence-corrected chi connectivity index (χ1v) is 6.08. The third-order valence-corrected chi connectivity index (χ3v) is 4.65. The molecule has 0 aromatic heterocycles. The van der Waals surface area contributed by atoms with E-state index in [0.717, 1.165) is 6.42 Å². The third-order valence-electron chi connectivity index (χ3n) is 4.06. The van der Waals surface area contributed by atoms with E-state index in [1.165, 1.54) is 0 Å². The fourth-order valence-corrected chi connectivity index (χ4v) is 3.72. The van der Waals surface area contributed by atoms with Gasteiger partial charge in [-0.2, -0.15) is 0 Å². The van der Waals surface area contributed by atoms with Gasteiger partial charge < -0.3 is 9.47 Å². The molecule has 0 radical (unpaired) electrons. The molecule has 0 amide bonds. The number of esters is 2.